The Morgan fingerprint density at radius 3 is 2.74 bits per heavy atom. The van der Waals surface area contributed by atoms with E-state index in [2.05, 4.69) is 5.18 Å². The maximum absolute atomic E-state index is 13.6. The second kappa shape index (κ2) is 7.79. The number of nitrogens with one attached hydrogen (secondary N) is 1. The minimum atomic E-state index is -0.711. The van der Waals surface area contributed by atoms with Gasteiger partial charge in [-0.1, -0.05) is 6.08 Å². The van der Waals surface area contributed by atoms with E-state index in [0.717, 1.165) is 6.20 Å². The quantitative estimate of drug-likeness (QED) is 0.284. The number of halogens is 1. The molecule has 0 aromatic carbocycles. The molecular formula is C16H15FN4O2. The van der Waals surface area contributed by atoms with Crippen LogP contribution < -0.4 is 9.67 Å². The van der Waals surface area contributed by atoms with Crippen LogP contribution in [0.2, 0.25) is 0 Å². The van der Waals surface area contributed by atoms with Crippen molar-refractivity contribution in [3.8, 4) is 0 Å². The monoisotopic (exact) mass is 314 g/mol. The summed E-state index contributed by atoms with van der Waals surface area (Å²) in [5.74, 6) is -1.22. The van der Waals surface area contributed by atoms with Crippen molar-refractivity contribution in [2.24, 2.45) is 5.18 Å². The zero-order chi connectivity index (χ0) is 16.7. The van der Waals surface area contributed by atoms with E-state index < -0.39 is 11.7 Å². The van der Waals surface area contributed by atoms with Crippen LogP contribution in [0, 0.1) is 10.3 Å². The number of hydrogen-bond acceptors (Lipinski definition) is 5. The fourth-order valence-electron chi connectivity index (χ4n) is 1.92. The first-order chi connectivity index (χ1) is 11.1. The van der Waals surface area contributed by atoms with Gasteiger partial charge in [0.2, 0.25) is 0 Å². The first-order valence-corrected chi connectivity index (χ1v) is 6.84. The van der Waals surface area contributed by atoms with Crippen LogP contribution in [0.5, 0.6) is 0 Å². The molecule has 1 aliphatic heterocycles. The lowest BCUT2D eigenvalue weighted by atomic mass is 10.2. The summed E-state index contributed by atoms with van der Waals surface area (Å²) in [6, 6.07) is 3.17. The molecule has 1 aliphatic rings. The minimum absolute atomic E-state index is 0.153. The topological polar surface area (TPSA) is 83.5 Å². The van der Waals surface area contributed by atoms with Crippen molar-refractivity contribution in [3.05, 3.63) is 83.2 Å². The molecule has 0 unspecified atom stereocenters. The smallest absolute Gasteiger partial charge is 0.169 e. The summed E-state index contributed by atoms with van der Waals surface area (Å²) in [5.41, 5.74) is 0.498. The van der Waals surface area contributed by atoms with E-state index >= 15 is 0 Å². The predicted molar refractivity (Wildman–Crippen MR) is 81.5 cm³/mol. The molecule has 2 heterocycles. The van der Waals surface area contributed by atoms with Crippen molar-refractivity contribution in [3.63, 3.8) is 0 Å². The van der Waals surface area contributed by atoms with Gasteiger partial charge >= 0.3 is 0 Å². The largest absolute Gasteiger partial charge is 0.859 e. The van der Waals surface area contributed by atoms with Crippen LogP contribution in [0.15, 0.2) is 77.9 Å². The molecule has 2 rings (SSSR count). The van der Waals surface area contributed by atoms with E-state index in [1.807, 2.05) is 16.7 Å². The molecular weight excluding hydrogens is 299 g/mol. The number of nitroso groups, excluding NO2 is 1. The van der Waals surface area contributed by atoms with Crippen molar-refractivity contribution in [1.82, 2.24) is 4.90 Å². The van der Waals surface area contributed by atoms with E-state index in [9.17, 15) is 14.4 Å². The fourth-order valence-corrected chi connectivity index (χ4v) is 1.92. The average Bonchev–Trinajstić information content (AvgIpc) is 2.54. The lowest BCUT2D eigenvalue weighted by Crippen LogP contribution is -2.32. The van der Waals surface area contributed by atoms with Gasteiger partial charge in [-0.3, -0.25) is 0 Å². The Morgan fingerprint density at radius 1 is 1.39 bits per heavy atom. The number of pyridine rings is 1. The third-order valence-corrected chi connectivity index (χ3v) is 3.14. The highest BCUT2D eigenvalue weighted by Gasteiger charge is 2.08. The molecule has 0 spiro atoms. The van der Waals surface area contributed by atoms with Gasteiger partial charge in [-0.25, -0.2) is 8.96 Å². The Labute approximate surface area is 132 Å². The van der Waals surface area contributed by atoms with Gasteiger partial charge in [-0.05, 0) is 28.8 Å². The first kappa shape index (κ1) is 16.3. The molecule has 0 atom stereocenters. The van der Waals surface area contributed by atoms with Crippen molar-refractivity contribution in [2.75, 3.05) is 6.54 Å². The molecule has 1 aromatic heterocycles. The Bertz CT molecular complexity index is 705. The Hall–Kier alpha value is -3.09. The van der Waals surface area contributed by atoms with Crippen LogP contribution in [-0.4, -0.2) is 17.3 Å². The normalized spacial score (nSPS) is 16.0. The van der Waals surface area contributed by atoms with Gasteiger partial charge in [0.05, 0.1) is 6.20 Å². The van der Waals surface area contributed by atoms with Crippen molar-refractivity contribution >= 4 is 5.90 Å². The molecule has 6 nitrogen and oxygen atoms in total. The van der Waals surface area contributed by atoms with Crippen LogP contribution in [0.4, 0.5) is 4.39 Å². The van der Waals surface area contributed by atoms with E-state index in [1.54, 1.807) is 35.6 Å². The van der Waals surface area contributed by atoms with Gasteiger partial charge in [0.1, 0.15) is 5.83 Å². The Balaban J connectivity index is 1.86. The zero-order valence-electron chi connectivity index (χ0n) is 12.2. The third kappa shape index (κ3) is 4.70. The molecule has 23 heavy (non-hydrogen) atoms. The van der Waals surface area contributed by atoms with Crippen molar-refractivity contribution < 1.29 is 14.1 Å². The highest BCUT2D eigenvalue weighted by molar-refractivity contribution is 5.87. The van der Waals surface area contributed by atoms with Crippen LogP contribution in [0.1, 0.15) is 5.56 Å². The molecule has 0 radical (unpaired) electrons. The molecule has 7 heteroatoms. The molecule has 0 saturated carbocycles. The summed E-state index contributed by atoms with van der Waals surface area (Å²) in [6.45, 7) is 1.08. The maximum atomic E-state index is 13.6. The third-order valence-electron chi connectivity index (χ3n) is 3.14. The number of hydrogen-bond donors (Lipinski definition) is 1. The molecule has 1 aromatic rings. The number of nitrogens with zero attached hydrogens (tertiary/aromatic N) is 3. The van der Waals surface area contributed by atoms with E-state index in [1.165, 1.54) is 12.3 Å². The summed E-state index contributed by atoms with van der Waals surface area (Å²) in [7, 11) is 0. The van der Waals surface area contributed by atoms with Gasteiger partial charge in [0.15, 0.2) is 18.9 Å². The van der Waals surface area contributed by atoms with Crippen LogP contribution in [-0.2, 0) is 6.54 Å². The van der Waals surface area contributed by atoms with Gasteiger partial charge < -0.3 is 15.4 Å². The number of aromatic nitrogens is 1. The van der Waals surface area contributed by atoms with Crippen LogP contribution in [0.3, 0.4) is 0 Å². The summed E-state index contributed by atoms with van der Waals surface area (Å²) in [4.78, 5) is 11.7. The average molecular weight is 314 g/mol. The second-order valence-corrected chi connectivity index (χ2v) is 4.76. The second-order valence-electron chi connectivity index (χ2n) is 4.76. The molecule has 0 fully saturated rings. The Morgan fingerprint density at radius 2 is 2.13 bits per heavy atom. The number of rotatable bonds is 6. The summed E-state index contributed by atoms with van der Waals surface area (Å²) in [5, 5.41) is 20.4. The molecule has 0 saturated heterocycles. The minimum Gasteiger partial charge on any atom is -0.859 e. The molecule has 1 N–H and O–H groups in total. The van der Waals surface area contributed by atoms with E-state index in [-0.39, 0.29) is 5.57 Å². The lowest BCUT2D eigenvalue weighted by molar-refractivity contribution is -0.687. The SMILES string of the molecule is N=C([O-])c1cc[n+](C/C=C/CN2C=C/C(=C\N=O)C(F)=C2)cc1. The van der Waals surface area contributed by atoms with E-state index in [4.69, 9.17) is 5.41 Å². The van der Waals surface area contributed by atoms with Gasteiger partial charge in [0, 0.05) is 36.7 Å². The first-order valence-electron chi connectivity index (χ1n) is 6.84. The van der Waals surface area contributed by atoms with Crippen LogP contribution >= 0.6 is 0 Å². The highest BCUT2D eigenvalue weighted by atomic mass is 19.1. The lowest BCUT2D eigenvalue weighted by Gasteiger charge is -2.17. The Kier molecular flexibility index (Phi) is 5.51. The molecule has 0 aliphatic carbocycles. The maximum Gasteiger partial charge on any atom is 0.169 e. The van der Waals surface area contributed by atoms with Gasteiger partial charge in [-0.15, -0.1) is 4.91 Å². The summed E-state index contributed by atoms with van der Waals surface area (Å²) in [6.07, 6.45) is 12.6. The molecule has 118 valence electrons. The standard InChI is InChI=1S/C16H15FN4O2/c17-15-12-21(10-5-14(15)11-19-23)7-2-1-6-20-8-3-13(4-9-20)16(18)22/h1-5,8-12H,6-7H2,(H-,18,22)/b2-1+,14-11+. The fraction of sp³-hybridized carbons (Fsp3) is 0.125. The van der Waals surface area contributed by atoms with Crippen molar-refractivity contribution in [2.45, 2.75) is 6.54 Å². The number of allylic oxidation sites excluding steroid dienone is 4. The van der Waals surface area contributed by atoms with Gasteiger partial charge in [-0.2, -0.15) is 0 Å². The van der Waals surface area contributed by atoms with E-state index in [0.29, 0.717) is 18.7 Å². The van der Waals surface area contributed by atoms with Gasteiger partial charge in [0.25, 0.3) is 0 Å². The molecule has 0 bridgehead atoms. The predicted octanol–water partition coefficient (Wildman–Crippen LogP) is 1.51. The van der Waals surface area contributed by atoms with Crippen molar-refractivity contribution in [1.29, 1.82) is 5.41 Å². The summed E-state index contributed by atoms with van der Waals surface area (Å²) >= 11 is 0. The molecule has 0 amide bonds. The highest BCUT2D eigenvalue weighted by Crippen LogP contribution is 2.19. The summed E-state index contributed by atoms with van der Waals surface area (Å²) < 4.78 is 15.4. The zero-order valence-corrected chi connectivity index (χ0v) is 12.2. The van der Waals surface area contributed by atoms with Crippen LogP contribution in [0.25, 0.3) is 0 Å².